The number of nitrogens with one attached hydrogen (secondary N) is 1. The van der Waals surface area contributed by atoms with E-state index in [0.29, 0.717) is 47.7 Å². The summed E-state index contributed by atoms with van der Waals surface area (Å²) in [6, 6.07) is 14.3. The van der Waals surface area contributed by atoms with Gasteiger partial charge in [0.1, 0.15) is 5.82 Å². The van der Waals surface area contributed by atoms with E-state index in [1.165, 1.54) is 0 Å². The minimum atomic E-state index is -4.62. The minimum Gasteiger partial charge on any atom is -0.341 e. The summed E-state index contributed by atoms with van der Waals surface area (Å²) in [6.07, 6.45) is -3.87. The number of aromatic nitrogens is 2. The van der Waals surface area contributed by atoms with Gasteiger partial charge in [-0.1, -0.05) is 18.2 Å². The first-order valence-corrected chi connectivity index (χ1v) is 11.9. The van der Waals surface area contributed by atoms with Crippen LogP contribution in [0.4, 0.5) is 13.2 Å². The number of rotatable bonds is 4. The van der Waals surface area contributed by atoms with E-state index in [-0.39, 0.29) is 23.4 Å². The van der Waals surface area contributed by atoms with Crippen molar-refractivity contribution in [1.82, 2.24) is 19.8 Å². The number of hydrogen-bond donors (Lipinski definition) is 1. The SMILES string of the molecule is Cc1ccc(C(=O)N2CC(c3ccc(C#N)cc3)C2)cc1-c1[nH]c(C2CCN(C)C2)nc1C(F)(F)F. The van der Waals surface area contributed by atoms with Crippen molar-refractivity contribution in [1.29, 1.82) is 5.26 Å². The molecule has 1 atom stereocenters. The van der Waals surface area contributed by atoms with Crippen LogP contribution in [-0.4, -0.2) is 58.9 Å². The molecule has 2 aliphatic rings. The molecule has 0 radical (unpaired) electrons. The van der Waals surface area contributed by atoms with Gasteiger partial charge in [0.25, 0.3) is 5.91 Å². The van der Waals surface area contributed by atoms with Gasteiger partial charge in [-0.15, -0.1) is 0 Å². The number of likely N-dealkylation sites (N-methyl/N-ethyl adjacent to an activating group) is 1. The van der Waals surface area contributed by atoms with Gasteiger partial charge in [0.15, 0.2) is 5.69 Å². The first kappa shape index (κ1) is 24.1. The average Bonchev–Trinajstić information content (AvgIpc) is 3.45. The molecule has 186 valence electrons. The smallest absolute Gasteiger partial charge is 0.341 e. The van der Waals surface area contributed by atoms with Gasteiger partial charge in [0.2, 0.25) is 0 Å². The lowest BCUT2D eigenvalue weighted by molar-refractivity contribution is -0.140. The first-order valence-electron chi connectivity index (χ1n) is 11.9. The first-order chi connectivity index (χ1) is 17.1. The third-order valence-electron chi connectivity index (χ3n) is 7.20. The number of halogens is 3. The van der Waals surface area contributed by atoms with Crippen molar-refractivity contribution in [2.45, 2.75) is 31.4 Å². The number of aryl methyl sites for hydroxylation is 1. The highest BCUT2D eigenvalue weighted by Crippen LogP contribution is 2.39. The van der Waals surface area contributed by atoms with E-state index in [0.717, 1.165) is 18.5 Å². The van der Waals surface area contributed by atoms with Gasteiger partial charge in [-0.3, -0.25) is 4.79 Å². The van der Waals surface area contributed by atoms with Crippen LogP contribution in [0.15, 0.2) is 42.5 Å². The van der Waals surface area contributed by atoms with Crippen LogP contribution in [0, 0.1) is 18.3 Å². The Labute approximate surface area is 207 Å². The van der Waals surface area contributed by atoms with Gasteiger partial charge in [-0.05, 0) is 62.3 Å². The van der Waals surface area contributed by atoms with Gasteiger partial charge >= 0.3 is 6.18 Å². The van der Waals surface area contributed by atoms with Gasteiger partial charge in [0.05, 0.1) is 17.3 Å². The number of amides is 1. The van der Waals surface area contributed by atoms with Gasteiger partial charge in [-0.25, -0.2) is 4.98 Å². The Morgan fingerprint density at radius 2 is 1.83 bits per heavy atom. The number of alkyl halides is 3. The molecule has 1 unspecified atom stereocenters. The molecule has 1 amide bonds. The summed E-state index contributed by atoms with van der Waals surface area (Å²) in [6.45, 7) is 4.23. The number of imidazole rings is 1. The van der Waals surface area contributed by atoms with Crippen LogP contribution in [0.1, 0.15) is 56.8 Å². The molecule has 0 spiro atoms. The maximum absolute atomic E-state index is 14.0. The Hall–Kier alpha value is -3.64. The number of nitriles is 1. The fourth-order valence-electron chi connectivity index (χ4n) is 5.04. The predicted octanol–water partition coefficient (Wildman–Crippen LogP) is 4.93. The number of nitrogens with zero attached hydrogens (tertiary/aromatic N) is 4. The molecular formula is C27H26F3N5O. The number of carbonyl (C=O) groups is 1. The molecule has 1 aromatic heterocycles. The summed E-state index contributed by atoms with van der Waals surface area (Å²) < 4.78 is 41.9. The second-order valence-corrected chi connectivity index (χ2v) is 9.76. The molecule has 0 bridgehead atoms. The largest absolute Gasteiger partial charge is 0.435 e. The topological polar surface area (TPSA) is 76.0 Å². The lowest BCUT2D eigenvalue weighted by Gasteiger charge is -2.39. The van der Waals surface area contributed by atoms with E-state index in [9.17, 15) is 18.0 Å². The summed E-state index contributed by atoms with van der Waals surface area (Å²) in [5.41, 5.74) is 1.93. The zero-order chi connectivity index (χ0) is 25.6. The summed E-state index contributed by atoms with van der Waals surface area (Å²) in [5.74, 6) is 0.205. The molecule has 2 aliphatic heterocycles. The number of hydrogen-bond acceptors (Lipinski definition) is 4. The van der Waals surface area contributed by atoms with Crippen molar-refractivity contribution in [3.63, 3.8) is 0 Å². The van der Waals surface area contributed by atoms with Crippen molar-refractivity contribution in [3.05, 3.63) is 76.2 Å². The van der Waals surface area contributed by atoms with Crippen molar-refractivity contribution in [2.75, 3.05) is 33.2 Å². The number of benzene rings is 2. The van der Waals surface area contributed by atoms with E-state index < -0.39 is 11.9 Å². The second kappa shape index (κ2) is 9.10. The lowest BCUT2D eigenvalue weighted by Crippen LogP contribution is -2.48. The van der Waals surface area contributed by atoms with E-state index in [2.05, 4.69) is 20.9 Å². The van der Waals surface area contributed by atoms with E-state index >= 15 is 0 Å². The molecule has 6 nitrogen and oxygen atoms in total. The van der Waals surface area contributed by atoms with Crippen LogP contribution in [0.2, 0.25) is 0 Å². The molecule has 0 aliphatic carbocycles. The molecule has 1 N–H and O–H groups in total. The Bertz CT molecular complexity index is 1330. The Balaban J connectivity index is 1.39. The van der Waals surface area contributed by atoms with Gasteiger partial charge in [-0.2, -0.15) is 18.4 Å². The summed E-state index contributed by atoms with van der Waals surface area (Å²) >= 11 is 0. The van der Waals surface area contributed by atoms with Crippen LogP contribution in [-0.2, 0) is 6.18 Å². The second-order valence-electron chi connectivity index (χ2n) is 9.76. The van der Waals surface area contributed by atoms with Crippen LogP contribution in [0.3, 0.4) is 0 Å². The van der Waals surface area contributed by atoms with E-state index in [4.69, 9.17) is 5.26 Å². The fraction of sp³-hybridized carbons (Fsp3) is 0.370. The number of carbonyl (C=O) groups excluding carboxylic acids is 1. The standard InChI is InChI=1S/C27H26F3N5O/c1-16-3-6-19(26(36)35-14-21(15-35)18-7-4-17(12-31)5-8-18)11-22(16)23-24(27(28,29)30)33-25(32-23)20-9-10-34(2)13-20/h3-8,11,20-21H,9-10,13-15H2,1-2H3,(H,32,33). The maximum atomic E-state index is 14.0. The monoisotopic (exact) mass is 493 g/mol. The molecule has 2 fully saturated rings. The van der Waals surface area contributed by atoms with Gasteiger partial charge < -0.3 is 14.8 Å². The fourth-order valence-corrected chi connectivity index (χ4v) is 5.04. The van der Waals surface area contributed by atoms with Crippen molar-refractivity contribution in [2.24, 2.45) is 0 Å². The molecule has 3 aromatic rings. The third kappa shape index (κ3) is 4.49. The molecule has 3 heterocycles. The van der Waals surface area contributed by atoms with E-state index in [1.807, 2.05) is 19.2 Å². The molecule has 9 heteroatoms. The average molecular weight is 494 g/mol. The minimum absolute atomic E-state index is 0.0849. The highest BCUT2D eigenvalue weighted by Gasteiger charge is 2.40. The normalized spacial score (nSPS) is 18.8. The van der Waals surface area contributed by atoms with Crippen molar-refractivity contribution < 1.29 is 18.0 Å². The number of H-pyrrole nitrogens is 1. The molecule has 2 saturated heterocycles. The third-order valence-corrected chi connectivity index (χ3v) is 7.20. The number of aromatic amines is 1. The molecule has 36 heavy (non-hydrogen) atoms. The highest BCUT2D eigenvalue weighted by atomic mass is 19.4. The quantitative estimate of drug-likeness (QED) is 0.559. The highest BCUT2D eigenvalue weighted by molar-refractivity contribution is 5.96. The van der Waals surface area contributed by atoms with Crippen molar-refractivity contribution >= 4 is 5.91 Å². The zero-order valence-electron chi connectivity index (χ0n) is 20.1. The molecule has 0 saturated carbocycles. The molecule has 5 rings (SSSR count). The predicted molar refractivity (Wildman–Crippen MR) is 128 cm³/mol. The zero-order valence-corrected chi connectivity index (χ0v) is 20.1. The van der Waals surface area contributed by atoms with Crippen LogP contribution in [0.25, 0.3) is 11.3 Å². The van der Waals surface area contributed by atoms with Crippen molar-refractivity contribution in [3.8, 4) is 17.3 Å². The van der Waals surface area contributed by atoms with E-state index in [1.54, 1.807) is 42.2 Å². The lowest BCUT2D eigenvalue weighted by atomic mass is 9.90. The molecule has 2 aromatic carbocycles. The summed E-state index contributed by atoms with van der Waals surface area (Å²) in [7, 11) is 1.94. The van der Waals surface area contributed by atoms with Crippen LogP contribution in [0.5, 0.6) is 0 Å². The molecular weight excluding hydrogens is 467 g/mol. The summed E-state index contributed by atoms with van der Waals surface area (Å²) in [5, 5.41) is 8.96. The van der Waals surface area contributed by atoms with Gasteiger partial charge in [0, 0.05) is 42.6 Å². The Morgan fingerprint density at radius 3 is 2.44 bits per heavy atom. The maximum Gasteiger partial charge on any atom is 0.435 e. The Kier molecular flexibility index (Phi) is 6.08. The Morgan fingerprint density at radius 1 is 1.11 bits per heavy atom. The number of likely N-dealkylation sites (tertiary alicyclic amines) is 2. The summed E-state index contributed by atoms with van der Waals surface area (Å²) in [4.78, 5) is 23.9. The van der Waals surface area contributed by atoms with Crippen LogP contribution < -0.4 is 0 Å². The van der Waals surface area contributed by atoms with Crippen LogP contribution >= 0.6 is 0 Å².